The molecule has 0 radical (unpaired) electrons. The Kier molecular flexibility index (Phi) is 4.36. The Morgan fingerprint density at radius 3 is 2.56 bits per heavy atom. The van der Waals surface area contributed by atoms with Crippen LogP contribution in [-0.4, -0.2) is 35.6 Å². The Bertz CT molecular complexity index is 252. The molecule has 0 aliphatic carbocycles. The molecule has 0 saturated carbocycles. The summed E-state index contributed by atoms with van der Waals surface area (Å²) in [6.07, 6.45) is 1.92. The second-order valence-electron chi connectivity index (χ2n) is 5.75. The van der Waals surface area contributed by atoms with E-state index in [9.17, 15) is 9.90 Å². The summed E-state index contributed by atoms with van der Waals surface area (Å²) < 4.78 is 0. The van der Waals surface area contributed by atoms with Gasteiger partial charge in [-0.05, 0) is 38.1 Å². The molecule has 0 bridgehead atoms. The van der Waals surface area contributed by atoms with Gasteiger partial charge in [0.25, 0.3) is 0 Å². The molecule has 0 aromatic carbocycles. The number of carboxylic acids is 1. The molecule has 0 spiro atoms. The van der Waals surface area contributed by atoms with E-state index < -0.39 is 11.4 Å². The molecule has 1 aliphatic heterocycles. The van der Waals surface area contributed by atoms with E-state index in [1.54, 1.807) is 0 Å². The van der Waals surface area contributed by atoms with Gasteiger partial charge in [0.2, 0.25) is 0 Å². The molecule has 16 heavy (non-hydrogen) atoms. The summed E-state index contributed by atoms with van der Waals surface area (Å²) in [6, 6.07) is 0. The predicted molar refractivity (Wildman–Crippen MR) is 65.4 cm³/mol. The van der Waals surface area contributed by atoms with Crippen LogP contribution in [0, 0.1) is 17.3 Å². The molecule has 3 nitrogen and oxygen atoms in total. The number of rotatable bonds is 5. The van der Waals surface area contributed by atoms with Gasteiger partial charge in [0.15, 0.2) is 0 Å². The van der Waals surface area contributed by atoms with E-state index >= 15 is 0 Å². The highest BCUT2D eigenvalue weighted by Crippen LogP contribution is 2.29. The van der Waals surface area contributed by atoms with Crippen molar-refractivity contribution in [1.82, 2.24) is 4.90 Å². The van der Waals surface area contributed by atoms with Crippen molar-refractivity contribution in [3.63, 3.8) is 0 Å². The number of aliphatic carboxylic acids is 1. The van der Waals surface area contributed by atoms with Crippen LogP contribution in [0.5, 0.6) is 0 Å². The van der Waals surface area contributed by atoms with Gasteiger partial charge in [-0.3, -0.25) is 4.79 Å². The zero-order chi connectivity index (χ0) is 12.3. The zero-order valence-corrected chi connectivity index (χ0v) is 11.0. The quantitative estimate of drug-likeness (QED) is 0.784. The predicted octanol–water partition coefficient (Wildman–Crippen LogP) is 2.47. The Balaban J connectivity index is 2.53. The van der Waals surface area contributed by atoms with E-state index in [4.69, 9.17) is 0 Å². The van der Waals surface area contributed by atoms with E-state index in [0.717, 1.165) is 19.0 Å². The first-order valence-corrected chi connectivity index (χ1v) is 6.35. The first kappa shape index (κ1) is 13.5. The molecular weight excluding hydrogens is 202 g/mol. The Morgan fingerprint density at radius 2 is 2.19 bits per heavy atom. The van der Waals surface area contributed by atoms with E-state index in [0.29, 0.717) is 18.9 Å². The van der Waals surface area contributed by atoms with Crippen LogP contribution >= 0.6 is 0 Å². The summed E-state index contributed by atoms with van der Waals surface area (Å²) in [5.74, 6) is 0.792. The highest BCUT2D eigenvalue weighted by molar-refractivity contribution is 5.74. The summed E-state index contributed by atoms with van der Waals surface area (Å²) in [6.45, 7) is 11.2. The van der Waals surface area contributed by atoms with E-state index in [-0.39, 0.29) is 0 Å². The van der Waals surface area contributed by atoms with Gasteiger partial charge >= 0.3 is 5.97 Å². The van der Waals surface area contributed by atoms with Crippen LogP contribution in [0.3, 0.4) is 0 Å². The molecule has 2 unspecified atom stereocenters. The number of hydrogen-bond donors (Lipinski definition) is 1. The third kappa shape index (κ3) is 2.97. The fraction of sp³-hybridized carbons (Fsp3) is 0.923. The molecule has 0 aromatic rings. The highest BCUT2D eigenvalue weighted by atomic mass is 16.4. The second-order valence-corrected chi connectivity index (χ2v) is 5.75. The molecule has 1 heterocycles. The summed E-state index contributed by atoms with van der Waals surface area (Å²) >= 11 is 0. The first-order valence-electron chi connectivity index (χ1n) is 6.35. The van der Waals surface area contributed by atoms with Crippen LogP contribution in [0.4, 0.5) is 0 Å². The third-order valence-electron chi connectivity index (χ3n) is 4.12. The number of likely N-dealkylation sites (tertiary alicyclic amines) is 1. The Labute approximate surface area is 98.8 Å². The van der Waals surface area contributed by atoms with Crippen LogP contribution in [0.25, 0.3) is 0 Å². The third-order valence-corrected chi connectivity index (χ3v) is 4.12. The summed E-state index contributed by atoms with van der Waals surface area (Å²) in [4.78, 5) is 13.6. The number of hydrogen-bond acceptors (Lipinski definition) is 2. The molecule has 1 saturated heterocycles. The summed E-state index contributed by atoms with van der Waals surface area (Å²) in [7, 11) is 0. The molecule has 0 aromatic heterocycles. The van der Waals surface area contributed by atoms with Gasteiger partial charge in [-0.25, -0.2) is 0 Å². The molecule has 2 atom stereocenters. The van der Waals surface area contributed by atoms with E-state index in [2.05, 4.69) is 18.7 Å². The Hall–Kier alpha value is -0.570. The van der Waals surface area contributed by atoms with Gasteiger partial charge in [-0.15, -0.1) is 0 Å². The van der Waals surface area contributed by atoms with E-state index in [1.165, 1.54) is 6.42 Å². The second kappa shape index (κ2) is 5.17. The standard InChI is InChI=1S/C13H25NO2/c1-5-13(4,12(15)16)9-14-7-6-11(8-14)10(2)3/h10-11H,5-9H2,1-4H3,(H,15,16). The van der Waals surface area contributed by atoms with Gasteiger partial charge < -0.3 is 10.0 Å². The minimum atomic E-state index is -0.664. The lowest BCUT2D eigenvalue weighted by Crippen LogP contribution is -2.40. The fourth-order valence-electron chi connectivity index (χ4n) is 2.37. The smallest absolute Gasteiger partial charge is 0.310 e. The van der Waals surface area contributed by atoms with Gasteiger partial charge in [0.05, 0.1) is 5.41 Å². The van der Waals surface area contributed by atoms with Crippen molar-refractivity contribution in [2.45, 2.75) is 40.5 Å². The van der Waals surface area contributed by atoms with Crippen molar-refractivity contribution in [2.24, 2.45) is 17.3 Å². The minimum absolute atomic E-state index is 0.578. The number of nitrogens with zero attached hydrogens (tertiary/aromatic N) is 1. The molecule has 1 fully saturated rings. The molecular formula is C13H25NO2. The van der Waals surface area contributed by atoms with Crippen molar-refractivity contribution in [1.29, 1.82) is 0 Å². The molecule has 3 heteroatoms. The Morgan fingerprint density at radius 1 is 1.56 bits per heavy atom. The average molecular weight is 227 g/mol. The van der Waals surface area contributed by atoms with Crippen LogP contribution < -0.4 is 0 Å². The van der Waals surface area contributed by atoms with Gasteiger partial charge in [-0.2, -0.15) is 0 Å². The largest absolute Gasteiger partial charge is 0.481 e. The average Bonchev–Trinajstić information content (AvgIpc) is 2.65. The topological polar surface area (TPSA) is 40.5 Å². The molecule has 94 valence electrons. The molecule has 1 rings (SSSR count). The molecule has 1 aliphatic rings. The van der Waals surface area contributed by atoms with Crippen LogP contribution in [0.15, 0.2) is 0 Å². The number of carbonyl (C=O) groups is 1. The lowest BCUT2D eigenvalue weighted by Gasteiger charge is -2.29. The maximum Gasteiger partial charge on any atom is 0.310 e. The van der Waals surface area contributed by atoms with Crippen LogP contribution in [0.2, 0.25) is 0 Å². The monoisotopic (exact) mass is 227 g/mol. The fourth-order valence-corrected chi connectivity index (χ4v) is 2.37. The van der Waals surface area contributed by atoms with Crippen molar-refractivity contribution >= 4 is 5.97 Å². The lowest BCUT2D eigenvalue weighted by molar-refractivity contribution is -0.149. The number of carboxylic acid groups (broad SMARTS) is 1. The zero-order valence-electron chi connectivity index (χ0n) is 11.0. The lowest BCUT2D eigenvalue weighted by atomic mass is 9.87. The van der Waals surface area contributed by atoms with Crippen LogP contribution in [-0.2, 0) is 4.79 Å². The van der Waals surface area contributed by atoms with Gasteiger partial charge in [-0.1, -0.05) is 20.8 Å². The maximum atomic E-state index is 11.2. The summed E-state index contributed by atoms with van der Waals surface area (Å²) in [5.41, 5.74) is -0.578. The van der Waals surface area contributed by atoms with Crippen molar-refractivity contribution < 1.29 is 9.90 Å². The van der Waals surface area contributed by atoms with Gasteiger partial charge in [0, 0.05) is 13.1 Å². The van der Waals surface area contributed by atoms with Crippen molar-refractivity contribution in [3.8, 4) is 0 Å². The van der Waals surface area contributed by atoms with Gasteiger partial charge in [0.1, 0.15) is 0 Å². The van der Waals surface area contributed by atoms with Crippen molar-refractivity contribution in [2.75, 3.05) is 19.6 Å². The molecule has 0 amide bonds. The SMILES string of the molecule is CCC(C)(CN1CCC(C(C)C)C1)C(=O)O. The van der Waals surface area contributed by atoms with Crippen molar-refractivity contribution in [3.05, 3.63) is 0 Å². The first-order chi connectivity index (χ1) is 7.39. The summed E-state index contributed by atoms with van der Waals surface area (Å²) in [5, 5.41) is 9.24. The van der Waals surface area contributed by atoms with E-state index in [1.807, 2.05) is 13.8 Å². The normalized spacial score (nSPS) is 25.9. The highest BCUT2D eigenvalue weighted by Gasteiger charge is 2.36. The minimum Gasteiger partial charge on any atom is -0.481 e. The maximum absolute atomic E-state index is 11.2. The molecule has 1 N–H and O–H groups in total. The van der Waals surface area contributed by atoms with Crippen LogP contribution in [0.1, 0.15) is 40.5 Å².